The van der Waals surface area contributed by atoms with Crippen LogP contribution in [0.2, 0.25) is 6.55 Å². The zero-order valence-electron chi connectivity index (χ0n) is 3.34. The van der Waals surface area contributed by atoms with Gasteiger partial charge >= 0.3 is 0 Å². The highest BCUT2D eigenvalue weighted by Gasteiger charge is 2.15. The predicted octanol–water partition coefficient (Wildman–Crippen LogP) is 2.78. The summed E-state index contributed by atoms with van der Waals surface area (Å²) in [5, 5.41) is -1.09. The fourth-order valence-corrected chi connectivity index (χ4v) is 0. The van der Waals surface area contributed by atoms with Crippen molar-refractivity contribution in [3.05, 3.63) is 0 Å². The van der Waals surface area contributed by atoms with E-state index in [9.17, 15) is 0 Å². The molecule has 0 aliphatic heterocycles. The number of halogens is 3. The van der Waals surface area contributed by atoms with Crippen LogP contribution in [0.4, 0.5) is 0 Å². The number of hydrogen-bond donors (Lipinski definition) is 0. The molecule has 0 rings (SSSR count). The van der Waals surface area contributed by atoms with E-state index in [1.165, 1.54) is 0 Å². The van der Waals surface area contributed by atoms with Crippen molar-refractivity contribution in [3.63, 3.8) is 0 Å². The van der Waals surface area contributed by atoms with Gasteiger partial charge in [-0.1, -0.05) is 15.9 Å². The van der Waals surface area contributed by atoms with Crippen LogP contribution in [0.1, 0.15) is 0 Å². The molecule has 38 valence electrons. The highest BCUT2D eigenvalue weighted by Crippen LogP contribution is 2.20. The van der Waals surface area contributed by atoms with Gasteiger partial charge in [-0.15, -0.1) is 30.6 Å². The van der Waals surface area contributed by atoms with Crippen molar-refractivity contribution in [1.29, 1.82) is 0 Å². The third-order valence-corrected chi connectivity index (χ3v) is 10.3. The minimum absolute atomic E-state index is 1.06. The summed E-state index contributed by atoms with van der Waals surface area (Å²) in [6.07, 6.45) is 0. The van der Waals surface area contributed by atoms with Gasteiger partial charge in [0.1, 0.15) is 0 Å². The van der Waals surface area contributed by atoms with E-state index < -0.39 is 5.31 Å². The van der Waals surface area contributed by atoms with Crippen LogP contribution in [-0.2, 0) is 0 Å². The third-order valence-electron chi connectivity index (χ3n) is 0.235. The number of alkyl halides is 1. The molecule has 0 aliphatic rings. The van der Waals surface area contributed by atoms with E-state index in [4.69, 9.17) is 0 Å². The molecule has 0 fully saturated rings. The maximum absolute atomic E-state index is 3.49. The smallest absolute Gasteiger partial charge is 0.110 e. The summed E-state index contributed by atoms with van der Waals surface area (Å²) in [6.45, 7) is 2.17. The molecule has 0 aromatic carbocycles. The molecule has 0 atom stereocenters. The lowest BCUT2D eigenvalue weighted by atomic mass is 11.9. The number of hydrogen-bond acceptors (Lipinski definition) is 0. The van der Waals surface area contributed by atoms with E-state index in [0.717, 1.165) is 4.95 Å². The van der Waals surface area contributed by atoms with Crippen LogP contribution < -0.4 is 0 Å². The highest BCUT2D eigenvalue weighted by atomic mass is 79.9. The van der Waals surface area contributed by atoms with Crippen molar-refractivity contribution in [3.8, 4) is 0 Å². The van der Waals surface area contributed by atoms with Gasteiger partial charge in [0.25, 0.3) is 0 Å². The highest BCUT2D eigenvalue weighted by molar-refractivity contribution is 9.51. The Morgan fingerprint density at radius 2 is 1.67 bits per heavy atom. The minimum Gasteiger partial charge on any atom is -0.110 e. The van der Waals surface area contributed by atoms with Crippen molar-refractivity contribution in [2.24, 2.45) is 0 Å². The van der Waals surface area contributed by atoms with Gasteiger partial charge in [0, 0.05) is 4.95 Å². The molecular formula is C2H5Br3Si. The standard InChI is InChI=1S/C2H5Br3Si/c1-6(4,5)2-3/h2H2,1H3. The Morgan fingerprint density at radius 3 is 1.67 bits per heavy atom. The van der Waals surface area contributed by atoms with E-state index in [1.54, 1.807) is 0 Å². The summed E-state index contributed by atoms with van der Waals surface area (Å²) < 4.78 is 0. The average Bonchev–Trinajstić information content (AvgIpc) is 1.35. The maximum atomic E-state index is 3.49. The second-order valence-corrected chi connectivity index (χ2v) is 19.0. The van der Waals surface area contributed by atoms with E-state index in [1.807, 2.05) is 0 Å². The van der Waals surface area contributed by atoms with Crippen LogP contribution in [0.15, 0.2) is 0 Å². The average molecular weight is 297 g/mol. The quantitative estimate of drug-likeness (QED) is 0.396. The molecule has 0 saturated carbocycles. The first-order valence-electron chi connectivity index (χ1n) is 1.50. The van der Waals surface area contributed by atoms with E-state index in [-0.39, 0.29) is 0 Å². The third kappa shape index (κ3) is 5.66. The molecule has 0 saturated heterocycles. The minimum atomic E-state index is -1.09. The summed E-state index contributed by atoms with van der Waals surface area (Å²) >= 11 is 10.3. The molecule has 0 unspecified atom stereocenters. The zero-order chi connectivity index (χ0) is 5.21. The Kier molecular flexibility index (Phi) is 3.63. The molecule has 0 radical (unpaired) electrons. The van der Waals surface area contributed by atoms with Crippen LogP contribution in [0, 0.1) is 0 Å². The van der Waals surface area contributed by atoms with Crippen LogP contribution in [0.3, 0.4) is 0 Å². The Hall–Kier alpha value is 1.66. The molecule has 0 aliphatic carbocycles. The molecule has 0 spiro atoms. The second-order valence-electron chi connectivity index (χ2n) is 1.20. The Morgan fingerprint density at radius 1 is 1.50 bits per heavy atom. The van der Waals surface area contributed by atoms with Gasteiger partial charge in [-0.25, -0.2) is 0 Å². The molecule has 0 bridgehead atoms. The molecule has 0 nitrogen and oxygen atoms in total. The van der Waals surface area contributed by atoms with Crippen molar-refractivity contribution in [2.75, 3.05) is 4.95 Å². The van der Waals surface area contributed by atoms with Gasteiger partial charge < -0.3 is 0 Å². The van der Waals surface area contributed by atoms with Gasteiger partial charge in [0.15, 0.2) is 0 Å². The Bertz CT molecular complexity index is 38.5. The van der Waals surface area contributed by atoms with Gasteiger partial charge in [-0.2, -0.15) is 0 Å². The molecule has 0 aromatic rings. The van der Waals surface area contributed by atoms with Crippen molar-refractivity contribution in [1.82, 2.24) is 0 Å². The fourth-order valence-electron chi connectivity index (χ4n) is 0. The molecule has 0 heterocycles. The van der Waals surface area contributed by atoms with Gasteiger partial charge in [-0.05, 0) is 6.55 Å². The molecule has 0 N–H and O–H groups in total. The predicted molar refractivity (Wildman–Crippen MR) is 43.3 cm³/mol. The summed E-state index contributed by atoms with van der Waals surface area (Å²) in [5.74, 6) is 0. The van der Waals surface area contributed by atoms with Gasteiger partial charge in [0.05, 0.1) is 0 Å². The van der Waals surface area contributed by atoms with Crippen LogP contribution in [0.5, 0.6) is 0 Å². The first kappa shape index (κ1) is 7.66. The van der Waals surface area contributed by atoms with Crippen molar-refractivity contribution >= 4 is 51.8 Å². The molecule has 0 amide bonds. The van der Waals surface area contributed by atoms with E-state index in [2.05, 4.69) is 53.1 Å². The lowest BCUT2D eigenvalue weighted by Crippen LogP contribution is -2.12. The molecular weight excluding hydrogens is 292 g/mol. The van der Waals surface area contributed by atoms with Crippen molar-refractivity contribution in [2.45, 2.75) is 6.55 Å². The summed E-state index contributed by atoms with van der Waals surface area (Å²) in [5.41, 5.74) is 0. The van der Waals surface area contributed by atoms with Crippen molar-refractivity contribution < 1.29 is 0 Å². The van der Waals surface area contributed by atoms with Crippen LogP contribution in [-0.4, -0.2) is 10.3 Å². The van der Waals surface area contributed by atoms with E-state index in [0.29, 0.717) is 0 Å². The maximum Gasteiger partial charge on any atom is 0.208 e. The van der Waals surface area contributed by atoms with Crippen LogP contribution in [0.25, 0.3) is 0 Å². The lowest BCUT2D eigenvalue weighted by Gasteiger charge is -2.01. The van der Waals surface area contributed by atoms with Crippen LogP contribution >= 0.6 is 46.5 Å². The zero-order valence-corrected chi connectivity index (χ0v) is 9.10. The lowest BCUT2D eigenvalue weighted by molar-refractivity contribution is 2.06. The topological polar surface area (TPSA) is 0 Å². The first-order chi connectivity index (χ1) is 2.56. The van der Waals surface area contributed by atoms with Gasteiger partial charge in [0.2, 0.25) is 5.31 Å². The summed E-state index contributed by atoms with van der Waals surface area (Å²) in [7, 11) is 0. The SMILES string of the molecule is C[Si](Br)(Br)CBr. The molecule has 4 heteroatoms. The monoisotopic (exact) mass is 294 g/mol. The molecule has 6 heavy (non-hydrogen) atoms. The van der Waals surface area contributed by atoms with E-state index >= 15 is 0 Å². The largest absolute Gasteiger partial charge is 0.208 e. The van der Waals surface area contributed by atoms with Gasteiger partial charge in [-0.3, -0.25) is 0 Å². The normalized spacial score (nSPS) is 12.0. The summed E-state index contributed by atoms with van der Waals surface area (Å²) in [6, 6.07) is 0. The Labute approximate surface area is 63.0 Å². The Balaban J connectivity index is 3.17. The second kappa shape index (κ2) is 2.84. The number of rotatable bonds is 1. The first-order valence-corrected chi connectivity index (χ1v) is 9.84. The summed E-state index contributed by atoms with van der Waals surface area (Å²) in [4.78, 5) is 1.06. The fraction of sp³-hybridized carbons (Fsp3) is 1.00. The molecule has 0 aromatic heterocycles.